The predicted octanol–water partition coefficient (Wildman–Crippen LogP) is 6.65. The highest BCUT2D eigenvalue weighted by molar-refractivity contribution is 5.07. The summed E-state index contributed by atoms with van der Waals surface area (Å²) in [5.74, 6) is 0. The Balaban J connectivity index is 1.70. The molecular formula is C22H40N2. The second-order valence-electron chi connectivity index (χ2n) is 7.13. The van der Waals surface area contributed by atoms with Crippen molar-refractivity contribution < 1.29 is 0 Å². The number of rotatable bonds is 17. The minimum absolute atomic E-state index is 0.951. The highest BCUT2D eigenvalue weighted by Crippen LogP contribution is 2.12. The molecule has 0 amide bonds. The van der Waals surface area contributed by atoms with Crippen LogP contribution in [0.15, 0.2) is 24.5 Å². The Morgan fingerprint density at radius 2 is 1.29 bits per heavy atom. The molecule has 24 heavy (non-hydrogen) atoms. The maximum atomic E-state index is 4.14. The molecule has 0 bridgehead atoms. The number of unbranched alkanes of at least 4 members (excludes halogenated alkanes) is 13. The zero-order valence-electron chi connectivity index (χ0n) is 16.1. The molecule has 0 saturated carbocycles. The Morgan fingerprint density at radius 3 is 1.79 bits per heavy atom. The maximum Gasteiger partial charge on any atom is 0.0312 e. The normalized spacial score (nSPS) is 11.0. The van der Waals surface area contributed by atoms with Crippen LogP contribution in [0.3, 0.4) is 0 Å². The van der Waals surface area contributed by atoms with Crippen LogP contribution in [0.1, 0.15) is 102 Å². The molecule has 0 aliphatic heterocycles. The summed E-state index contributed by atoms with van der Waals surface area (Å²) < 4.78 is 0. The fourth-order valence-corrected chi connectivity index (χ4v) is 3.18. The van der Waals surface area contributed by atoms with Crippen molar-refractivity contribution in [2.75, 3.05) is 6.54 Å². The van der Waals surface area contributed by atoms with Crippen molar-refractivity contribution in [1.29, 1.82) is 0 Å². The Bertz CT molecular complexity index is 350. The Labute approximate surface area is 150 Å². The largest absolute Gasteiger partial charge is 0.313 e. The van der Waals surface area contributed by atoms with Crippen LogP contribution in [0, 0.1) is 0 Å². The molecule has 138 valence electrons. The monoisotopic (exact) mass is 332 g/mol. The van der Waals surface area contributed by atoms with Gasteiger partial charge in [0.25, 0.3) is 0 Å². The Morgan fingerprint density at radius 1 is 0.750 bits per heavy atom. The summed E-state index contributed by atoms with van der Waals surface area (Å²) in [4.78, 5) is 4.14. The van der Waals surface area contributed by atoms with Crippen molar-refractivity contribution in [3.8, 4) is 0 Å². The molecule has 0 fully saturated rings. The van der Waals surface area contributed by atoms with E-state index in [-0.39, 0.29) is 0 Å². The molecular weight excluding hydrogens is 292 g/mol. The third kappa shape index (κ3) is 13.5. The van der Waals surface area contributed by atoms with Crippen molar-refractivity contribution >= 4 is 0 Å². The first-order valence-electron chi connectivity index (χ1n) is 10.5. The zero-order chi connectivity index (χ0) is 17.1. The molecule has 1 N–H and O–H groups in total. The molecule has 0 aliphatic carbocycles. The van der Waals surface area contributed by atoms with E-state index in [0.717, 1.165) is 13.1 Å². The molecule has 0 atom stereocenters. The first kappa shape index (κ1) is 21.2. The van der Waals surface area contributed by atoms with Gasteiger partial charge in [-0.15, -0.1) is 0 Å². The van der Waals surface area contributed by atoms with Gasteiger partial charge in [0.15, 0.2) is 0 Å². The smallest absolute Gasteiger partial charge is 0.0312 e. The zero-order valence-corrected chi connectivity index (χ0v) is 16.1. The number of hydrogen-bond acceptors (Lipinski definition) is 2. The molecule has 1 aromatic rings. The Kier molecular flexibility index (Phi) is 14.9. The number of hydrogen-bond donors (Lipinski definition) is 1. The second-order valence-corrected chi connectivity index (χ2v) is 7.13. The summed E-state index contributed by atoms with van der Waals surface area (Å²) in [5.41, 5.74) is 1.28. The number of nitrogens with one attached hydrogen (secondary N) is 1. The van der Waals surface area contributed by atoms with E-state index in [4.69, 9.17) is 0 Å². The number of aromatic nitrogens is 1. The van der Waals surface area contributed by atoms with Gasteiger partial charge in [0.05, 0.1) is 0 Å². The van der Waals surface area contributed by atoms with Gasteiger partial charge in [0.2, 0.25) is 0 Å². The van der Waals surface area contributed by atoms with E-state index >= 15 is 0 Å². The van der Waals surface area contributed by atoms with Gasteiger partial charge >= 0.3 is 0 Å². The van der Waals surface area contributed by atoms with Crippen LogP contribution >= 0.6 is 0 Å². The van der Waals surface area contributed by atoms with Crippen LogP contribution in [0.25, 0.3) is 0 Å². The lowest BCUT2D eigenvalue weighted by Crippen LogP contribution is -2.14. The molecule has 0 unspecified atom stereocenters. The van der Waals surface area contributed by atoms with Crippen molar-refractivity contribution in [3.63, 3.8) is 0 Å². The van der Waals surface area contributed by atoms with Crippen molar-refractivity contribution in [2.45, 2.75) is 103 Å². The Hall–Kier alpha value is -0.890. The lowest BCUT2D eigenvalue weighted by atomic mass is 10.0. The van der Waals surface area contributed by atoms with Crippen molar-refractivity contribution in [2.24, 2.45) is 0 Å². The summed E-state index contributed by atoms with van der Waals surface area (Å²) in [6, 6.07) is 4.13. The van der Waals surface area contributed by atoms with Gasteiger partial charge in [-0.2, -0.15) is 0 Å². The highest BCUT2D eigenvalue weighted by atomic mass is 14.8. The summed E-state index contributed by atoms with van der Waals surface area (Å²) in [6.07, 6.45) is 23.7. The highest BCUT2D eigenvalue weighted by Gasteiger charge is 1.95. The third-order valence-corrected chi connectivity index (χ3v) is 4.76. The molecule has 1 aromatic heterocycles. The van der Waals surface area contributed by atoms with E-state index in [1.807, 2.05) is 18.5 Å². The fourth-order valence-electron chi connectivity index (χ4n) is 3.18. The molecule has 0 aliphatic rings. The van der Waals surface area contributed by atoms with Crippen molar-refractivity contribution in [3.05, 3.63) is 30.1 Å². The standard InChI is InChI=1S/C22H40N2/c1-2-3-4-5-6-7-8-9-10-11-12-13-14-15-18-23-20-22-17-16-19-24-21-22/h16-17,19,21,23H,2-15,18,20H2,1H3. The van der Waals surface area contributed by atoms with Gasteiger partial charge in [-0.25, -0.2) is 0 Å². The lowest BCUT2D eigenvalue weighted by Gasteiger charge is -2.05. The van der Waals surface area contributed by atoms with Crippen LogP contribution in [0.2, 0.25) is 0 Å². The van der Waals surface area contributed by atoms with Crippen molar-refractivity contribution in [1.82, 2.24) is 10.3 Å². The molecule has 2 nitrogen and oxygen atoms in total. The molecule has 0 saturated heterocycles. The third-order valence-electron chi connectivity index (χ3n) is 4.76. The SMILES string of the molecule is CCCCCCCCCCCCCCCCNCc1cccnc1. The first-order chi connectivity index (χ1) is 11.9. The van der Waals surface area contributed by atoms with Crippen LogP contribution in [0.5, 0.6) is 0 Å². The molecule has 1 heterocycles. The van der Waals surface area contributed by atoms with Gasteiger partial charge in [-0.3, -0.25) is 4.98 Å². The topological polar surface area (TPSA) is 24.9 Å². The predicted molar refractivity (Wildman–Crippen MR) is 106 cm³/mol. The molecule has 2 heteroatoms. The summed E-state index contributed by atoms with van der Waals surface area (Å²) in [7, 11) is 0. The molecule has 0 aromatic carbocycles. The van der Waals surface area contributed by atoms with E-state index in [9.17, 15) is 0 Å². The summed E-state index contributed by atoms with van der Waals surface area (Å²) in [6.45, 7) is 4.37. The van der Waals surface area contributed by atoms with Gasteiger partial charge in [-0.05, 0) is 24.6 Å². The van der Waals surface area contributed by atoms with Crippen LogP contribution in [-0.2, 0) is 6.54 Å². The number of pyridine rings is 1. The van der Waals surface area contributed by atoms with Crippen LogP contribution < -0.4 is 5.32 Å². The van der Waals surface area contributed by atoms with Crippen LogP contribution in [0.4, 0.5) is 0 Å². The summed E-state index contributed by atoms with van der Waals surface area (Å²) >= 11 is 0. The summed E-state index contributed by atoms with van der Waals surface area (Å²) in [5, 5.41) is 3.51. The van der Waals surface area contributed by atoms with E-state index < -0.39 is 0 Å². The molecule has 0 spiro atoms. The lowest BCUT2D eigenvalue weighted by molar-refractivity contribution is 0.529. The van der Waals surface area contributed by atoms with E-state index in [1.165, 1.54) is 95.5 Å². The minimum Gasteiger partial charge on any atom is -0.313 e. The average Bonchev–Trinajstić information content (AvgIpc) is 2.62. The van der Waals surface area contributed by atoms with Gasteiger partial charge in [-0.1, -0.05) is 96.5 Å². The molecule has 1 rings (SSSR count). The van der Waals surface area contributed by atoms with Gasteiger partial charge in [0, 0.05) is 18.9 Å². The number of nitrogens with zero attached hydrogens (tertiary/aromatic N) is 1. The molecule has 0 radical (unpaired) electrons. The van der Waals surface area contributed by atoms with E-state index in [1.54, 1.807) is 0 Å². The fraction of sp³-hybridized carbons (Fsp3) is 0.773. The maximum absolute atomic E-state index is 4.14. The van der Waals surface area contributed by atoms with Crippen LogP contribution in [-0.4, -0.2) is 11.5 Å². The second kappa shape index (κ2) is 17.0. The first-order valence-corrected chi connectivity index (χ1v) is 10.5. The minimum atomic E-state index is 0.951. The van der Waals surface area contributed by atoms with Gasteiger partial charge < -0.3 is 5.32 Å². The van der Waals surface area contributed by atoms with E-state index in [0.29, 0.717) is 0 Å². The average molecular weight is 333 g/mol. The van der Waals surface area contributed by atoms with Gasteiger partial charge in [0.1, 0.15) is 0 Å². The quantitative estimate of drug-likeness (QED) is 0.323. The van der Waals surface area contributed by atoms with E-state index in [2.05, 4.69) is 23.3 Å².